The van der Waals surface area contributed by atoms with E-state index in [4.69, 9.17) is 0 Å². The van der Waals surface area contributed by atoms with E-state index in [0.29, 0.717) is 0 Å². The summed E-state index contributed by atoms with van der Waals surface area (Å²) in [4.78, 5) is 1.21. The highest BCUT2D eigenvalue weighted by Gasteiger charge is 2.06. The molecule has 0 saturated heterocycles. The van der Waals surface area contributed by atoms with Gasteiger partial charge in [0.2, 0.25) is 0 Å². The van der Waals surface area contributed by atoms with Crippen molar-refractivity contribution in [3.63, 3.8) is 0 Å². The van der Waals surface area contributed by atoms with Gasteiger partial charge in [0, 0.05) is 4.90 Å². The molecule has 0 spiro atoms. The van der Waals surface area contributed by atoms with Gasteiger partial charge in [-0.25, -0.2) is 0 Å². The fraction of sp³-hybridized carbons (Fsp3) is 0.700. The van der Waals surface area contributed by atoms with Crippen molar-refractivity contribution >= 4 is 12.6 Å². The van der Waals surface area contributed by atoms with Gasteiger partial charge in [0.15, 0.2) is 0 Å². The van der Waals surface area contributed by atoms with Crippen LogP contribution >= 0.6 is 12.6 Å². The number of benzene rings is 1. The molecular weight excluding hydrogens is 272 g/mol. The Morgan fingerprint density at radius 2 is 1.29 bits per heavy atom. The summed E-state index contributed by atoms with van der Waals surface area (Å²) in [5.74, 6) is 0. The monoisotopic (exact) mass is 306 g/mol. The second-order valence-electron chi connectivity index (χ2n) is 6.24. The van der Waals surface area contributed by atoms with Crippen molar-refractivity contribution in [3.8, 4) is 0 Å². The summed E-state index contributed by atoms with van der Waals surface area (Å²) >= 11 is 4.69. The van der Waals surface area contributed by atoms with Gasteiger partial charge in [-0.1, -0.05) is 77.3 Å². The lowest BCUT2D eigenvalue weighted by molar-refractivity contribution is 0.618. The smallest absolute Gasteiger partial charge is 0.00747 e. The molecule has 0 bridgehead atoms. The van der Waals surface area contributed by atoms with Crippen molar-refractivity contribution < 1.29 is 0 Å². The zero-order valence-corrected chi connectivity index (χ0v) is 15.1. The first-order chi connectivity index (χ1) is 10.3. The van der Waals surface area contributed by atoms with Gasteiger partial charge in [-0.3, -0.25) is 0 Å². The summed E-state index contributed by atoms with van der Waals surface area (Å²) in [5, 5.41) is 0. The van der Waals surface area contributed by atoms with E-state index in [0.717, 1.165) is 0 Å². The van der Waals surface area contributed by atoms with Crippen molar-refractivity contribution in [3.05, 3.63) is 29.3 Å². The van der Waals surface area contributed by atoms with Gasteiger partial charge >= 0.3 is 0 Å². The van der Waals surface area contributed by atoms with Gasteiger partial charge < -0.3 is 0 Å². The molecule has 21 heavy (non-hydrogen) atoms. The van der Waals surface area contributed by atoms with E-state index in [-0.39, 0.29) is 0 Å². The maximum absolute atomic E-state index is 4.69. The number of rotatable bonds is 12. The van der Waals surface area contributed by atoms with Gasteiger partial charge in [-0.2, -0.15) is 0 Å². The van der Waals surface area contributed by atoms with Crippen molar-refractivity contribution in [2.24, 2.45) is 0 Å². The highest BCUT2D eigenvalue weighted by atomic mass is 32.1. The van der Waals surface area contributed by atoms with Crippen LogP contribution in [-0.2, 0) is 12.8 Å². The first-order valence-electron chi connectivity index (χ1n) is 9.09. The molecule has 1 rings (SSSR count). The second-order valence-corrected chi connectivity index (χ2v) is 6.73. The minimum Gasteiger partial charge on any atom is -0.143 e. The first-order valence-corrected chi connectivity index (χ1v) is 9.54. The van der Waals surface area contributed by atoms with Crippen molar-refractivity contribution in [1.82, 2.24) is 0 Å². The van der Waals surface area contributed by atoms with Crippen LogP contribution < -0.4 is 0 Å². The predicted octanol–water partition coefficient (Wildman–Crippen LogP) is 7.00. The van der Waals surface area contributed by atoms with Crippen LogP contribution in [0.15, 0.2) is 23.1 Å². The maximum atomic E-state index is 4.69. The Balaban J connectivity index is 2.41. The maximum Gasteiger partial charge on any atom is 0.00747 e. The first kappa shape index (κ1) is 18.6. The lowest BCUT2D eigenvalue weighted by Crippen LogP contribution is -1.97. The van der Waals surface area contributed by atoms with E-state index < -0.39 is 0 Å². The van der Waals surface area contributed by atoms with Crippen LogP contribution in [0.1, 0.15) is 89.2 Å². The number of aryl methyl sites for hydroxylation is 1. The van der Waals surface area contributed by atoms with Crippen LogP contribution in [0.3, 0.4) is 0 Å². The third-order valence-electron chi connectivity index (χ3n) is 4.33. The van der Waals surface area contributed by atoms with Crippen LogP contribution in [0.5, 0.6) is 0 Å². The topological polar surface area (TPSA) is 0 Å². The van der Waals surface area contributed by atoms with Crippen molar-refractivity contribution in [2.75, 3.05) is 0 Å². The van der Waals surface area contributed by atoms with Crippen LogP contribution in [-0.4, -0.2) is 0 Å². The fourth-order valence-corrected chi connectivity index (χ4v) is 3.31. The summed E-state index contributed by atoms with van der Waals surface area (Å²) < 4.78 is 0. The molecule has 1 heteroatoms. The number of unbranched alkanes of at least 4 members (excludes halogenated alkanes) is 8. The predicted molar refractivity (Wildman–Crippen MR) is 98.6 cm³/mol. The molecule has 0 aromatic heterocycles. The average molecular weight is 307 g/mol. The summed E-state index contributed by atoms with van der Waals surface area (Å²) in [6.45, 7) is 4.56. The number of hydrogen-bond acceptors (Lipinski definition) is 1. The Labute approximate surface area is 138 Å². The van der Waals surface area contributed by atoms with Gasteiger partial charge in [-0.15, -0.1) is 12.6 Å². The Morgan fingerprint density at radius 1 is 0.714 bits per heavy atom. The Bertz CT molecular complexity index is 370. The third kappa shape index (κ3) is 7.95. The zero-order chi connectivity index (χ0) is 15.3. The van der Waals surface area contributed by atoms with E-state index >= 15 is 0 Å². The number of hydrogen-bond donors (Lipinski definition) is 1. The molecule has 0 radical (unpaired) electrons. The molecule has 0 fully saturated rings. The van der Waals surface area contributed by atoms with Crippen molar-refractivity contribution in [1.29, 1.82) is 0 Å². The Morgan fingerprint density at radius 3 is 1.90 bits per heavy atom. The van der Waals surface area contributed by atoms with Crippen LogP contribution in [0.25, 0.3) is 0 Å². The van der Waals surface area contributed by atoms with E-state index in [9.17, 15) is 0 Å². The second kappa shape index (κ2) is 12.1. The highest BCUT2D eigenvalue weighted by Crippen LogP contribution is 2.23. The SMILES string of the molecule is CCCCCCCc1cccc(S)c1CCCCCCC. The molecule has 1 aromatic carbocycles. The molecule has 0 heterocycles. The summed E-state index contributed by atoms with van der Waals surface area (Å²) in [7, 11) is 0. The summed E-state index contributed by atoms with van der Waals surface area (Å²) in [6, 6.07) is 6.65. The highest BCUT2D eigenvalue weighted by molar-refractivity contribution is 7.80. The van der Waals surface area contributed by atoms with E-state index in [1.807, 2.05) is 0 Å². The standard InChI is InChI=1S/C20H34S/c1-3-5-7-9-11-14-18-15-13-17-20(21)19(18)16-12-10-8-6-4-2/h13,15,17,21H,3-12,14,16H2,1-2H3. The molecule has 120 valence electrons. The normalized spacial score (nSPS) is 11.0. The van der Waals surface area contributed by atoms with E-state index in [1.165, 1.54) is 87.5 Å². The molecule has 0 N–H and O–H groups in total. The minimum atomic E-state index is 1.21. The molecule has 0 aliphatic heterocycles. The molecule has 0 aliphatic carbocycles. The average Bonchev–Trinajstić information content (AvgIpc) is 2.49. The zero-order valence-electron chi connectivity index (χ0n) is 14.2. The van der Waals surface area contributed by atoms with E-state index in [1.54, 1.807) is 5.56 Å². The molecule has 0 saturated carbocycles. The molecule has 0 nitrogen and oxygen atoms in total. The Hall–Kier alpha value is -0.430. The molecule has 0 atom stereocenters. The third-order valence-corrected chi connectivity index (χ3v) is 4.75. The lowest BCUT2D eigenvalue weighted by atomic mass is 9.96. The van der Waals surface area contributed by atoms with Crippen LogP contribution in [0.2, 0.25) is 0 Å². The largest absolute Gasteiger partial charge is 0.143 e. The molecule has 0 amide bonds. The van der Waals surface area contributed by atoms with Gasteiger partial charge in [-0.05, 0) is 42.9 Å². The molecule has 1 aromatic rings. The number of thiol groups is 1. The van der Waals surface area contributed by atoms with Gasteiger partial charge in [0.1, 0.15) is 0 Å². The van der Waals surface area contributed by atoms with Gasteiger partial charge in [0.25, 0.3) is 0 Å². The van der Waals surface area contributed by atoms with Crippen LogP contribution in [0.4, 0.5) is 0 Å². The minimum absolute atomic E-state index is 1.21. The molecule has 0 aliphatic rings. The van der Waals surface area contributed by atoms with Crippen molar-refractivity contribution in [2.45, 2.75) is 95.8 Å². The Kier molecular flexibility index (Phi) is 10.8. The van der Waals surface area contributed by atoms with Gasteiger partial charge in [0.05, 0.1) is 0 Å². The fourth-order valence-electron chi connectivity index (χ4n) is 2.97. The lowest BCUT2D eigenvalue weighted by Gasteiger charge is -2.12. The summed E-state index contributed by atoms with van der Waals surface area (Å²) in [5.41, 5.74) is 3.07. The van der Waals surface area contributed by atoms with Crippen LogP contribution in [0, 0.1) is 0 Å². The van der Waals surface area contributed by atoms with E-state index in [2.05, 4.69) is 44.7 Å². The molecular formula is C20H34S. The molecule has 0 unspecified atom stereocenters. The quantitative estimate of drug-likeness (QED) is 0.312. The summed E-state index contributed by atoms with van der Waals surface area (Å²) in [6.07, 6.45) is 16.1.